The summed E-state index contributed by atoms with van der Waals surface area (Å²) < 4.78 is 1.57. The van der Waals surface area contributed by atoms with Crippen LogP contribution in [-0.4, -0.2) is 35.5 Å². The maximum absolute atomic E-state index is 5.24. The minimum atomic E-state index is 0.414. The molecule has 0 saturated heterocycles. The van der Waals surface area contributed by atoms with Gasteiger partial charge in [0, 0.05) is 18.7 Å². The van der Waals surface area contributed by atoms with Gasteiger partial charge in [-0.2, -0.15) is 0 Å². The van der Waals surface area contributed by atoms with E-state index in [2.05, 4.69) is 58.7 Å². The molecule has 1 rings (SSSR count). The van der Waals surface area contributed by atoms with Crippen molar-refractivity contribution >= 4 is 28.1 Å². The Bertz CT molecular complexity index is 412. The second-order valence-corrected chi connectivity index (χ2v) is 5.60. The van der Waals surface area contributed by atoms with Crippen molar-refractivity contribution in [3.8, 4) is 0 Å². The van der Waals surface area contributed by atoms with Gasteiger partial charge in [-0.05, 0) is 35.9 Å². The molecule has 1 N–H and O–H groups in total. The molecule has 1 heterocycles. The zero-order valence-electron chi connectivity index (χ0n) is 10.2. The van der Waals surface area contributed by atoms with E-state index >= 15 is 0 Å². The third-order valence-corrected chi connectivity index (χ3v) is 3.67. The summed E-state index contributed by atoms with van der Waals surface area (Å²) in [5, 5.41) is 0. The number of nitrogens with zero attached hydrogens (tertiary/aromatic N) is 2. The minimum absolute atomic E-state index is 0.414. The molecule has 5 heteroatoms. The molecular weight excluding hydrogens is 286 g/mol. The van der Waals surface area contributed by atoms with Crippen LogP contribution < -0.4 is 0 Å². The Kier molecular flexibility index (Phi) is 5.08. The molecule has 0 atom stereocenters. The number of H-pyrrole nitrogens is 1. The Balaban J connectivity index is 3.00. The fourth-order valence-corrected chi connectivity index (χ4v) is 2.24. The normalized spacial score (nSPS) is 11.4. The number of likely N-dealkylation sites (N-methyl/N-ethyl adjacent to an activating group) is 1. The summed E-state index contributed by atoms with van der Waals surface area (Å²) in [5.41, 5.74) is 1.13. The Morgan fingerprint density at radius 3 is 2.56 bits per heavy atom. The van der Waals surface area contributed by atoms with Gasteiger partial charge in [0.1, 0.15) is 10.5 Å². The van der Waals surface area contributed by atoms with Crippen molar-refractivity contribution in [1.82, 2.24) is 14.9 Å². The molecule has 0 aliphatic carbocycles. The molecule has 0 bridgehead atoms. The first-order chi connectivity index (χ1) is 7.41. The van der Waals surface area contributed by atoms with Crippen LogP contribution in [-0.2, 0) is 6.42 Å². The maximum Gasteiger partial charge on any atom is 0.144 e. The highest BCUT2D eigenvalue weighted by molar-refractivity contribution is 9.10. The third-order valence-electron chi connectivity index (χ3n) is 2.31. The second kappa shape index (κ2) is 5.89. The van der Waals surface area contributed by atoms with E-state index in [4.69, 9.17) is 12.2 Å². The van der Waals surface area contributed by atoms with Gasteiger partial charge in [-0.1, -0.05) is 26.1 Å². The third kappa shape index (κ3) is 3.64. The quantitative estimate of drug-likeness (QED) is 0.867. The van der Waals surface area contributed by atoms with Crippen LogP contribution >= 0.6 is 28.1 Å². The van der Waals surface area contributed by atoms with Crippen LogP contribution in [0, 0.1) is 4.64 Å². The maximum atomic E-state index is 5.24. The summed E-state index contributed by atoms with van der Waals surface area (Å²) in [6.07, 6.45) is 0.893. The lowest BCUT2D eigenvalue weighted by molar-refractivity contribution is 0.409. The topological polar surface area (TPSA) is 31.9 Å². The van der Waals surface area contributed by atoms with E-state index in [1.165, 1.54) is 0 Å². The molecule has 0 aliphatic heterocycles. The molecule has 0 unspecified atom stereocenters. The average Bonchev–Trinajstić information content (AvgIpc) is 2.19. The van der Waals surface area contributed by atoms with Crippen LogP contribution in [0.3, 0.4) is 0 Å². The van der Waals surface area contributed by atoms with Crippen LogP contribution in [0.1, 0.15) is 31.3 Å². The molecule has 0 spiro atoms. The number of aromatic amines is 1. The number of aromatic nitrogens is 2. The molecule has 1 aromatic rings. The van der Waals surface area contributed by atoms with E-state index in [0.29, 0.717) is 10.6 Å². The van der Waals surface area contributed by atoms with Crippen LogP contribution in [0.2, 0.25) is 0 Å². The second-order valence-electron chi connectivity index (χ2n) is 4.42. The van der Waals surface area contributed by atoms with Gasteiger partial charge in [-0.25, -0.2) is 4.98 Å². The predicted molar refractivity (Wildman–Crippen MR) is 73.5 cm³/mol. The number of nitrogens with one attached hydrogen (secondary N) is 1. The summed E-state index contributed by atoms with van der Waals surface area (Å²) in [5.74, 6) is 1.38. The van der Waals surface area contributed by atoms with Crippen molar-refractivity contribution in [3.05, 3.63) is 20.6 Å². The van der Waals surface area contributed by atoms with Crippen molar-refractivity contribution in [2.24, 2.45) is 0 Å². The van der Waals surface area contributed by atoms with E-state index in [0.717, 1.165) is 29.0 Å². The first-order valence-corrected chi connectivity index (χ1v) is 6.55. The fraction of sp³-hybridized carbons (Fsp3) is 0.636. The molecule has 16 heavy (non-hydrogen) atoms. The van der Waals surface area contributed by atoms with Gasteiger partial charge in [-0.15, -0.1) is 0 Å². The Hall–Kier alpha value is -0.260. The van der Waals surface area contributed by atoms with E-state index in [1.54, 1.807) is 0 Å². The van der Waals surface area contributed by atoms with Gasteiger partial charge < -0.3 is 9.88 Å². The summed E-state index contributed by atoms with van der Waals surface area (Å²) in [7, 11) is 4.10. The molecule has 90 valence electrons. The summed E-state index contributed by atoms with van der Waals surface area (Å²) in [6, 6.07) is 0. The molecular formula is C11H18BrN3S. The van der Waals surface area contributed by atoms with Crippen LogP contribution in [0.15, 0.2) is 4.47 Å². The summed E-state index contributed by atoms with van der Waals surface area (Å²) in [4.78, 5) is 9.87. The Morgan fingerprint density at radius 1 is 1.44 bits per heavy atom. The van der Waals surface area contributed by atoms with Crippen molar-refractivity contribution < 1.29 is 0 Å². The molecule has 0 radical (unpaired) electrons. The van der Waals surface area contributed by atoms with Gasteiger partial charge >= 0.3 is 0 Å². The molecule has 1 aromatic heterocycles. The minimum Gasteiger partial charge on any atom is -0.346 e. The molecule has 0 saturated carbocycles. The number of halogens is 1. The molecule has 0 amide bonds. The van der Waals surface area contributed by atoms with E-state index < -0.39 is 0 Å². The van der Waals surface area contributed by atoms with Crippen molar-refractivity contribution in [3.63, 3.8) is 0 Å². The molecule has 0 fully saturated rings. The SMILES string of the molecule is CC(C)c1[nH]c(CCN(C)C)nc(=S)c1Br. The lowest BCUT2D eigenvalue weighted by Gasteiger charge is -2.13. The van der Waals surface area contributed by atoms with E-state index in [-0.39, 0.29) is 0 Å². The highest BCUT2D eigenvalue weighted by Crippen LogP contribution is 2.23. The zero-order chi connectivity index (χ0) is 12.3. The standard InChI is InChI=1S/C11H18BrN3S/c1-7(2)10-9(12)11(16)14-8(13-10)5-6-15(3)4/h7H,5-6H2,1-4H3,(H,13,14,16). The zero-order valence-corrected chi connectivity index (χ0v) is 12.6. The number of hydrogen-bond acceptors (Lipinski definition) is 3. The van der Waals surface area contributed by atoms with Crippen LogP contribution in [0.5, 0.6) is 0 Å². The molecule has 0 aromatic carbocycles. The lowest BCUT2D eigenvalue weighted by atomic mass is 10.1. The Labute approximate surface area is 110 Å². The van der Waals surface area contributed by atoms with Gasteiger partial charge in [-0.3, -0.25) is 0 Å². The first kappa shape index (κ1) is 13.8. The van der Waals surface area contributed by atoms with Gasteiger partial charge in [0.15, 0.2) is 0 Å². The molecule has 3 nitrogen and oxygen atoms in total. The average molecular weight is 304 g/mol. The fourth-order valence-electron chi connectivity index (χ4n) is 1.37. The summed E-state index contributed by atoms with van der Waals surface area (Å²) >= 11 is 8.72. The van der Waals surface area contributed by atoms with Crippen molar-refractivity contribution in [2.45, 2.75) is 26.2 Å². The largest absolute Gasteiger partial charge is 0.346 e. The number of rotatable bonds is 4. The lowest BCUT2D eigenvalue weighted by Crippen LogP contribution is -2.17. The molecule has 0 aliphatic rings. The van der Waals surface area contributed by atoms with Crippen LogP contribution in [0.4, 0.5) is 0 Å². The van der Waals surface area contributed by atoms with E-state index in [1.807, 2.05) is 0 Å². The highest BCUT2D eigenvalue weighted by atomic mass is 79.9. The highest BCUT2D eigenvalue weighted by Gasteiger charge is 2.09. The smallest absolute Gasteiger partial charge is 0.144 e. The predicted octanol–water partition coefficient (Wildman–Crippen LogP) is 3.13. The van der Waals surface area contributed by atoms with Crippen molar-refractivity contribution in [1.29, 1.82) is 0 Å². The first-order valence-electron chi connectivity index (χ1n) is 5.35. The number of hydrogen-bond donors (Lipinski definition) is 1. The van der Waals surface area contributed by atoms with Crippen molar-refractivity contribution in [2.75, 3.05) is 20.6 Å². The van der Waals surface area contributed by atoms with Gasteiger partial charge in [0.2, 0.25) is 0 Å². The monoisotopic (exact) mass is 303 g/mol. The van der Waals surface area contributed by atoms with Gasteiger partial charge in [0.25, 0.3) is 0 Å². The van der Waals surface area contributed by atoms with Crippen LogP contribution in [0.25, 0.3) is 0 Å². The Morgan fingerprint density at radius 2 is 2.06 bits per heavy atom. The summed E-state index contributed by atoms with van der Waals surface area (Å²) in [6.45, 7) is 5.25. The van der Waals surface area contributed by atoms with Gasteiger partial charge in [0.05, 0.1) is 4.47 Å². The van der Waals surface area contributed by atoms with E-state index in [9.17, 15) is 0 Å².